The van der Waals surface area contributed by atoms with Crippen LogP contribution in [0, 0.1) is 5.95 Å². The summed E-state index contributed by atoms with van der Waals surface area (Å²) in [5, 5.41) is 0.343. The van der Waals surface area contributed by atoms with Gasteiger partial charge in [-0.05, 0) is 60.5 Å². The SMILES string of the molecule is CC(C)(C)OC(=O)N(Cc1ccc(Cl)nc1)c1ccc(Br)c(F)n1. The molecule has 0 bridgehead atoms. The number of anilines is 1. The molecule has 0 fully saturated rings. The minimum absolute atomic E-state index is 0.118. The molecule has 2 rings (SSSR count). The Kier molecular flexibility index (Phi) is 5.77. The zero-order valence-electron chi connectivity index (χ0n) is 13.4. The van der Waals surface area contributed by atoms with Gasteiger partial charge in [0, 0.05) is 6.20 Å². The number of nitrogens with zero attached hydrogens (tertiary/aromatic N) is 3. The van der Waals surface area contributed by atoms with Gasteiger partial charge in [0.25, 0.3) is 0 Å². The van der Waals surface area contributed by atoms with Crippen LogP contribution in [0.15, 0.2) is 34.9 Å². The summed E-state index contributed by atoms with van der Waals surface area (Å²) in [6, 6.07) is 6.34. The second-order valence-electron chi connectivity index (χ2n) is 6.00. The molecule has 24 heavy (non-hydrogen) atoms. The first-order valence-corrected chi connectivity index (χ1v) is 8.26. The molecule has 0 atom stereocenters. The van der Waals surface area contributed by atoms with Gasteiger partial charge in [-0.15, -0.1) is 0 Å². The highest BCUT2D eigenvalue weighted by Gasteiger charge is 2.25. The highest BCUT2D eigenvalue weighted by molar-refractivity contribution is 9.10. The highest BCUT2D eigenvalue weighted by Crippen LogP contribution is 2.22. The Morgan fingerprint density at radius 1 is 1.33 bits per heavy atom. The average Bonchev–Trinajstić information content (AvgIpc) is 2.48. The number of hydrogen-bond acceptors (Lipinski definition) is 4. The molecule has 1 amide bonds. The van der Waals surface area contributed by atoms with E-state index in [0.29, 0.717) is 10.7 Å². The van der Waals surface area contributed by atoms with Gasteiger partial charge in [0.05, 0.1) is 11.0 Å². The number of aromatic nitrogens is 2. The second kappa shape index (κ2) is 7.44. The first-order valence-electron chi connectivity index (χ1n) is 7.09. The van der Waals surface area contributed by atoms with Gasteiger partial charge in [0.1, 0.15) is 16.6 Å². The molecule has 5 nitrogen and oxygen atoms in total. The highest BCUT2D eigenvalue weighted by atomic mass is 79.9. The largest absolute Gasteiger partial charge is 0.443 e. The fraction of sp³-hybridized carbons (Fsp3) is 0.312. The van der Waals surface area contributed by atoms with Crippen molar-refractivity contribution in [2.45, 2.75) is 32.9 Å². The first-order chi connectivity index (χ1) is 11.2. The van der Waals surface area contributed by atoms with Gasteiger partial charge in [-0.3, -0.25) is 4.90 Å². The zero-order valence-corrected chi connectivity index (χ0v) is 15.7. The summed E-state index contributed by atoms with van der Waals surface area (Å²) < 4.78 is 19.4. The standard InChI is InChI=1S/C16H16BrClFN3O2/c1-16(2,3)24-15(23)22(9-10-4-6-12(18)20-8-10)13-7-5-11(17)14(19)21-13/h4-8H,9H2,1-3H3. The van der Waals surface area contributed by atoms with E-state index in [1.165, 1.54) is 23.2 Å². The lowest BCUT2D eigenvalue weighted by atomic mass is 10.2. The summed E-state index contributed by atoms with van der Waals surface area (Å²) in [6.45, 7) is 5.38. The third kappa shape index (κ3) is 5.14. The van der Waals surface area contributed by atoms with Crippen molar-refractivity contribution < 1.29 is 13.9 Å². The molecule has 0 aromatic carbocycles. The number of amides is 1. The summed E-state index contributed by atoms with van der Waals surface area (Å²) in [6.07, 6.45) is 0.904. The summed E-state index contributed by atoms with van der Waals surface area (Å²) >= 11 is 8.81. The molecule has 8 heteroatoms. The molecule has 2 aromatic rings. The molecule has 0 radical (unpaired) electrons. The predicted molar refractivity (Wildman–Crippen MR) is 93.6 cm³/mol. The van der Waals surface area contributed by atoms with Gasteiger partial charge in [-0.2, -0.15) is 4.39 Å². The number of ether oxygens (including phenoxy) is 1. The van der Waals surface area contributed by atoms with Crippen LogP contribution in [0.25, 0.3) is 0 Å². The number of rotatable bonds is 3. The molecule has 0 aliphatic rings. The van der Waals surface area contributed by atoms with Crippen molar-refractivity contribution in [1.29, 1.82) is 0 Å². The minimum atomic E-state index is -0.713. The van der Waals surface area contributed by atoms with Crippen LogP contribution in [0.3, 0.4) is 0 Å². The van der Waals surface area contributed by atoms with E-state index < -0.39 is 17.6 Å². The molecule has 0 saturated heterocycles. The van der Waals surface area contributed by atoms with Gasteiger partial charge in [0.15, 0.2) is 0 Å². The molecule has 0 aliphatic heterocycles. The van der Waals surface area contributed by atoms with Crippen LogP contribution in [-0.2, 0) is 11.3 Å². The van der Waals surface area contributed by atoms with E-state index in [1.807, 2.05) is 0 Å². The van der Waals surface area contributed by atoms with Crippen molar-refractivity contribution in [3.05, 3.63) is 51.6 Å². The van der Waals surface area contributed by atoms with Crippen LogP contribution in [-0.4, -0.2) is 21.7 Å². The van der Waals surface area contributed by atoms with Crippen LogP contribution in [0.5, 0.6) is 0 Å². The smallest absolute Gasteiger partial charge is 0.416 e. The molecule has 2 aromatic heterocycles. The van der Waals surface area contributed by atoms with Crippen molar-refractivity contribution in [3.8, 4) is 0 Å². The lowest BCUT2D eigenvalue weighted by Crippen LogP contribution is -2.37. The van der Waals surface area contributed by atoms with Gasteiger partial charge in [-0.25, -0.2) is 14.8 Å². The zero-order chi connectivity index (χ0) is 17.9. The summed E-state index contributed by atoms with van der Waals surface area (Å²) in [7, 11) is 0. The number of carbonyl (C=O) groups excluding carboxylic acids is 1. The quantitative estimate of drug-likeness (QED) is 0.663. The van der Waals surface area contributed by atoms with E-state index in [1.54, 1.807) is 32.9 Å². The third-order valence-corrected chi connectivity index (χ3v) is 3.62. The molecule has 0 spiro atoms. The van der Waals surface area contributed by atoms with Crippen molar-refractivity contribution in [1.82, 2.24) is 9.97 Å². The maximum atomic E-state index is 13.8. The number of carbonyl (C=O) groups is 1. The van der Waals surface area contributed by atoms with Gasteiger partial charge in [0.2, 0.25) is 5.95 Å². The Hall–Kier alpha value is -1.73. The molecule has 0 N–H and O–H groups in total. The van der Waals surface area contributed by atoms with Gasteiger partial charge >= 0.3 is 6.09 Å². The maximum Gasteiger partial charge on any atom is 0.416 e. The third-order valence-electron chi connectivity index (χ3n) is 2.81. The average molecular weight is 417 g/mol. The molecule has 0 aliphatic carbocycles. The Labute approximate surface area is 152 Å². The van der Waals surface area contributed by atoms with E-state index in [0.717, 1.165) is 0 Å². The van der Waals surface area contributed by atoms with Gasteiger partial charge < -0.3 is 4.74 Å². The summed E-state index contributed by atoms with van der Waals surface area (Å²) in [4.78, 5) is 21.5. The van der Waals surface area contributed by atoms with E-state index in [4.69, 9.17) is 16.3 Å². The summed E-state index contributed by atoms with van der Waals surface area (Å²) in [5.41, 5.74) is 0.0111. The van der Waals surface area contributed by atoms with Crippen molar-refractivity contribution >= 4 is 39.4 Å². The monoisotopic (exact) mass is 415 g/mol. The Balaban J connectivity index is 2.34. The molecule has 0 saturated carbocycles. The normalized spacial score (nSPS) is 11.2. The Bertz CT molecular complexity index is 735. The Morgan fingerprint density at radius 2 is 2.04 bits per heavy atom. The van der Waals surface area contributed by atoms with Crippen molar-refractivity contribution in [3.63, 3.8) is 0 Å². The van der Waals surface area contributed by atoms with Crippen molar-refractivity contribution in [2.75, 3.05) is 4.90 Å². The summed E-state index contributed by atoms with van der Waals surface area (Å²) in [5.74, 6) is -0.574. The lowest BCUT2D eigenvalue weighted by Gasteiger charge is -2.26. The molecule has 128 valence electrons. The van der Waals surface area contributed by atoms with E-state index >= 15 is 0 Å². The Morgan fingerprint density at radius 3 is 2.58 bits per heavy atom. The van der Waals surface area contributed by atoms with Crippen molar-refractivity contribution in [2.24, 2.45) is 0 Å². The van der Waals surface area contributed by atoms with Crippen LogP contribution in [0.2, 0.25) is 5.15 Å². The van der Waals surface area contributed by atoms with E-state index in [2.05, 4.69) is 25.9 Å². The molecule has 0 unspecified atom stereocenters. The van der Waals surface area contributed by atoms with Gasteiger partial charge in [-0.1, -0.05) is 17.7 Å². The molecular formula is C16H16BrClFN3O2. The number of pyridine rings is 2. The predicted octanol–water partition coefficient (Wildman–Crippen LogP) is 4.97. The molecular weight excluding hydrogens is 401 g/mol. The van der Waals surface area contributed by atoms with E-state index in [-0.39, 0.29) is 16.8 Å². The first kappa shape index (κ1) is 18.6. The van der Waals surface area contributed by atoms with Crippen LogP contribution in [0.4, 0.5) is 15.0 Å². The minimum Gasteiger partial charge on any atom is -0.443 e. The van der Waals surface area contributed by atoms with E-state index in [9.17, 15) is 9.18 Å². The lowest BCUT2D eigenvalue weighted by molar-refractivity contribution is 0.0576. The topological polar surface area (TPSA) is 55.3 Å². The fourth-order valence-corrected chi connectivity index (χ4v) is 2.13. The van der Waals surface area contributed by atoms with Crippen LogP contribution < -0.4 is 4.90 Å². The number of hydrogen-bond donors (Lipinski definition) is 0. The number of halogens is 3. The second-order valence-corrected chi connectivity index (χ2v) is 7.24. The van der Waals surface area contributed by atoms with Crippen LogP contribution >= 0.6 is 27.5 Å². The fourth-order valence-electron chi connectivity index (χ4n) is 1.80. The molecule has 2 heterocycles. The maximum absolute atomic E-state index is 13.8. The van der Waals surface area contributed by atoms with Crippen LogP contribution in [0.1, 0.15) is 26.3 Å².